The zero-order valence-electron chi connectivity index (χ0n) is 16.9. The van der Waals surface area contributed by atoms with Crippen LogP contribution in [-0.4, -0.2) is 69.3 Å². The first-order chi connectivity index (χ1) is 14.6. The Morgan fingerprint density at radius 1 is 1.30 bits per heavy atom. The number of aromatic nitrogens is 5. The Bertz CT molecular complexity index is 1120. The van der Waals surface area contributed by atoms with Gasteiger partial charge in [-0.15, -0.1) is 0 Å². The van der Waals surface area contributed by atoms with Crippen LogP contribution in [0.3, 0.4) is 0 Å². The molecule has 1 aliphatic heterocycles. The second kappa shape index (κ2) is 8.84. The predicted octanol–water partition coefficient (Wildman–Crippen LogP) is 0.513. The molecule has 1 fully saturated rings. The van der Waals surface area contributed by atoms with E-state index in [4.69, 9.17) is 4.74 Å². The molecule has 0 atom stereocenters. The number of morpholine rings is 1. The highest BCUT2D eigenvalue weighted by Gasteiger charge is 2.20. The molecule has 10 nitrogen and oxygen atoms in total. The number of carbonyl (C=O) groups is 1. The molecule has 0 aliphatic carbocycles. The van der Waals surface area contributed by atoms with Gasteiger partial charge in [-0.2, -0.15) is 5.10 Å². The molecule has 30 heavy (non-hydrogen) atoms. The second-order valence-electron chi connectivity index (χ2n) is 6.83. The standard InChI is InChI=1S/C19H23N7O3S/c1-24-6-3-4-13(18(24)28)17(27)20-5-7-26-16-14(12-21-26)15(22-19(23-16)30-2)25-8-10-29-11-9-25/h3-4,6,12H,5,7-11H2,1-2H3,(H,20,27). The molecule has 0 saturated carbocycles. The van der Waals surface area contributed by atoms with Crippen LogP contribution >= 0.6 is 11.8 Å². The Labute approximate surface area is 177 Å². The summed E-state index contributed by atoms with van der Waals surface area (Å²) in [4.78, 5) is 35.9. The van der Waals surface area contributed by atoms with Gasteiger partial charge in [-0.25, -0.2) is 14.6 Å². The molecule has 1 N–H and O–H groups in total. The zero-order chi connectivity index (χ0) is 21.1. The van der Waals surface area contributed by atoms with Crippen LogP contribution in [0.25, 0.3) is 11.0 Å². The lowest BCUT2D eigenvalue weighted by Crippen LogP contribution is -2.37. The Kier molecular flexibility index (Phi) is 6.00. The van der Waals surface area contributed by atoms with E-state index in [2.05, 4.69) is 25.3 Å². The van der Waals surface area contributed by atoms with Crippen molar-refractivity contribution in [2.24, 2.45) is 7.05 Å². The van der Waals surface area contributed by atoms with Crippen LogP contribution in [-0.2, 0) is 18.3 Å². The van der Waals surface area contributed by atoms with Crippen LogP contribution < -0.4 is 15.8 Å². The minimum absolute atomic E-state index is 0.118. The molecule has 4 heterocycles. The number of thioether (sulfide) groups is 1. The van der Waals surface area contributed by atoms with Crippen molar-refractivity contribution in [1.29, 1.82) is 0 Å². The van der Waals surface area contributed by atoms with Crippen molar-refractivity contribution >= 4 is 34.5 Å². The smallest absolute Gasteiger partial charge is 0.263 e. The molecule has 0 unspecified atom stereocenters. The van der Waals surface area contributed by atoms with Crippen LogP contribution in [0, 0.1) is 0 Å². The molecule has 1 amide bonds. The summed E-state index contributed by atoms with van der Waals surface area (Å²) in [5.41, 5.74) is 0.514. The summed E-state index contributed by atoms with van der Waals surface area (Å²) in [6, 6.07) is 3.19. The Hall–Kier alpha value is -2.92. The average Bonchev–Trinajstić information content (AvgIpc) is 3.18. The molecular formula is C19H23N7O3S. The van der Waals surface area contributed by atoms with Crippen molar-refractivity contribution in [1.82, 2.24) is 29.6 Å². The van der Waals surface area contributed by atoms with E-state index in [1.807, 2.05) is 6.26 Å². The largest absolute Gasteiger partial charge is 0.378 e. The van der Waals surface area contributed by atoms with Gasteiger partial charge in [0.1, 0.15) is 11.4 Å². The maximum Gasteiger partial charge on any atom is 0.263 e. The molecule has 3 aromatic rings. The van der Waals surface area contributed by atoms with Gasteiger partial charge in [0, 0.05) is 32.9 Å². The van der Waals surface area contributed by atoms with Gasteiger partial charge in [-0.05, 0) is 18.4 Å². The molecule has 1 aliphatic rings. The number of hydrogen-bond acceptors (Lipinski definition) is 8. The van der Waals surface area contributed by atoms with Crippen LogP contribution in [0.2, 0.25) is 0 Å². The lowest BCUT2D eigenvalue weighted by molar-refractivity contribution is 0.0950. The van der Waals surface area contributed by atoms with E-state index in [1.54, 1.807) is 30.2 Å². The van der Waals surface area contributed by atoms with Crippen molar-refractivity contribution in [3.05, 3.63) is 40.4 Å². The van der Waals surface area contributed by atoms with Crippen molar-refractivity contribution in [2.75, 3.05) is 44.0 Å². The first-order valence-corrected chi connectivity index (χ1v) is 10.8. The number of anilines is 1. The number of nitrogens with zero attached hydrogens (tertiary/aromatic N) is 6. The van der Waals surface area contributed by atoms with Crippen LogP contribution in [0.15, 0.2) is 34.5 Å². The number of fused-ring (bicyclic) bond motifs is 1. The first-order valence-electron chi connectivity index (χ1n) is 9.62. The summed E-state index contributed by atoms with van der Waals surface area (Å²) in [5.74, 6) is 0.455. The third-order valence-electron chi connectivity index (χ3n) is 4.93. The van der Waals surface area contributed by atoms with Crippen molar-refractivity contribution in [3.8, 4) is 0 Å². The lowest BCUT2D eigenvalue weighted by Gasteiger charge is -2.28. The fraction of sp³-hybridized carbons (Fsp3) is 0.421. The minimum Gasteiger partial charge on any atom is -0.378 e. The molecule has 4 rings (SSSR count). The highest BCUT2D eigenvalue weighted by Crippen LogP contribution is 2.27. The molecule has 0 aromatic carbocycles. The van der Waals surface area contributed by atoms with E-state index in [-0.39, 0.29) is 11.1 Å². The van der Waals surface area contributed by atoms with Crippen molar-refractivity contribution in [2.45, 2.75) is 11.7 Å². The quantitative estimate of drug-likeness (QED) is 0.446. The number of hydrogen-bond donors (Lipinski definition) is 1. The van der Waals surface area contributed by atoms with Gasteiger partial charge in [-0.1, -0.05) is 11.8 Å². The van der Waals surface area contributed by atoms with Crippen LogP contribution in [0.1, 0.15) is 10.4 Å². The third kappa shape index (κ3) is 4.03. The van der Waals surface area contributed by atoms with Gasteiger partial charge in [-0.3, -0.25) is 9.59 Å². The Morgan fingerprint density at radius 3 is 2.87 bits per heavy atom. The van der Waals surface area contributed by atoms with E-state index in [9.17, 15) is 9.59 Å². The number of carbonyl (C=O) groups excluding carboxylic acids is 1. The zero-order valence-corrected chi connectivity index (χ0v) is 17.7. The summed E-state index contributed by atoms with van der Waals surface area (Å²) in [7, 11) is 1.62. The van der Waals surface area contributed by atoms with Gasteiger partial charge >= 0.3 is 0 Å². The molecule has 0 bridgehead atoms. The Balaban J connectivity index is 1.52. The summed E-state index contributed by atoms with van der Waals surface area (Å²) in [6.45, 7) is 3.62. The number of nitrogens with one attached hydrogen (secondary N) is 1. The van der Waals surface area contributed by atoms with Crippen LogP contribution in [0.5, 0.6) is 0 Å². The molecule has 1 saturated heterocycles. The van der Waals surface area contributed by atoms with E-state index in [1.165, 1.54) is 22.4 Å². The molecule has 0 spiro atoms. The fourth-order valence-electron chi connectivity index (χ4n) is 3.33. The highest BCUT2D eigenvalue weighted by atomic mass is 32.2. The minimum atomic E-state index is -0.402. The van der Waals surface area contributed by atoms with Crippen LogP contribution in [0.4, 0.5) is 5.82 Å². The van der Waals surface area contributed by atoms with E-state index in [0.717, 1.165) is 29.9 Å². The SMILES string of the molecule is CSc1nc(N2CCOCC2)c2cnn(CCNC(=O)c3cccn(C)c3=O)c2n1. The maximum absolute atomic E-state index is 12.4. The monoisotopic (exact) mass is 429 g/mol. The van der Waals surface area contributed by atoms with Crippen molar-refractivity contribution in [3.63, 3.8) is 0 Å². The molecular weight excluding hydrogens is 406 g/mol. The molecule has 3 aromatic heterocycles. The Morgan fingerprint density at radius 2 is 2.10 bits per heavy atom. The van der Waals surface area contributed by atoms with E-state index in [0.29, 0.717) is 31.5 Å². The molecule has 0 radical (unpaired) electrons. The fourth-order valence-corrected chi connectivity index (χ4v) is 3.69. The molecule has 11 heteroatoms. The number of ether oxygens (including phenoxy) is 1. The number of aryl methyl sites for hydroxylation is 1. The number of amides is 1. The summed E-state index contributed by atoms with van der Waals surface area (Å²) >= 11 is 1.47. The van der Waals surface area contributed by atoms with Gasteiger partial charge in [0.05, 0.1) is 31.3 Å². The summed E-state index contributed by atoms with van der Waals surface area (Å²) in [5, 5.41) is 8.79. The average molecular weight is 430 g/mol. The van der Waals surface area contributed by atoms with E-state index >= 15 is 0 Å². The van der Waals surface area contributed by atoms with Gasteiger partial charge in [0.2, 0.25) is 0 Å². The predicted molar refractivity (Wildman–Crippen MR) is 114 cm³/mol. The van der Waals surface area contributed by atoms with Crippen molar-refractivity contribution < 1.29 is 9.53 Å². The number of pyridine rings is 1. The van der Waals surface area contributed by atoms with Gasteiger partial charge in [0.25, 0.3) is 11.5 Å². The van der Waals surface area contributed by atoms with E-state index < -0.39 is 5.91 Å². The normalized spacial score (nSPS) is 14.3. The molecule has 158 valence electrons. The first kappa shape index (κ1) is 20.4. The topological polar surface area (TPSA) is 107 Å². The maximum atomic E-state index is 12.4. The lowest BCUT2D eigenvalue weighted by atomic mass is 10.2. The second-order valence-corrected chi connectivity index (χ2v) is 7.61. The summed E-state index contributed by atoms with van der Waals surface area (Å²) in [6.07, 6.45) is 5.31. The third-order valence-corrected chi connectivity index (χ3v) is 5.47. The summed E-state index contributed by atoms with van der Waals surface area (Å²) < 4.78 is 8.58. The van der Waals surface area contributed by atoms with Gasteiger partial charge in [0.15, 0.2) is 10.8 Å². The number of rotatable bonds is 6. The van der Waals surface area contributed by atoms with Gasteiger partial charge < -0.3 is 19.5 Å². The highest BCUT2D eigenvalue weighted by molar-refractivity contribution is 7.98.